The van der Waals surface area contributed by atoms with Gasteiger partial charge in [-0.2, -0.15) is 13.2 Å². The molecule has 0 saturated carbocycles. The van der Waals surface area contributed by atoms with Crippen molar-refractivity contribution in [3.8, 4) is 0 Å². The molecule has 72 valence electrons. The maximum absolute atomic E-state index is 11.5. The van der Waals surface area contributed by atoms with E-state index in [0.29, 0.717) is 0 Å². The summed E-state index contributed by atoms with van der Waals surface area (Å²) in [4.78, 5) is 12.7. The Morgan fingerprint density at radius 3 is 2.42 bits per heavy atom. The van der Waals surface area contributed by atoms with Crippen molar-refractivity contribution in [1.82, 2.24) is 10.2 Å². The highest BCUT2D eigenvalue weighted by molar-refractivity contribution is 6.15. The molecule has 0 saturated heterocycles. The Balaban J connectivity index is 3.72. The standard InChI is InChI=1S/C5H8ClF3N2O/c1-3(11-6)4(12)10-2-5(7,8)9/h3,11H,2H2,1H3,(H,10,12). The van der Waals surface area contributed by atoms with Crippen molar-refractivity contribution in [2.24, 2.45) is 0 Å². The Morgan fingerprint density at radius 1 is 1.58 bits per heavy atom. The summed E-state index contributed by atoms with van der Waals surface area (Å²) in [5.74, 6) is -0.790. The van der Waals surface area contributed by atoms with Gasteiger partial charge in [0.2, 0.25) is 5.91 Å². The summed E-state index contributed by atoms with van der Waals surface area (Å²) in [6, 6.07) is -0.839. The Labute approximate surface area is 72.4 Å². The molecule has 1 amide bonds. The number of carbonyl (C=O) groups is 1. The number of rotatable bonds is 3. The fourth-order valence-electron chi connectivity index (χ4n) is 0.390. The summed E-state index contributed by atoms with van der Waals surface area (Å²) in [6.45, 7) is 0.00739. The Bertz CT molecular complexity index is 161. The monoisotopic (exact) mass is 204 g/mol. The molecular weight excluding hydrogens is 197 g/mol. The van der Waals surface area contributed by atoms with Crippen LogP contribution in [0.1, 0.15) is 6.92 Å². The maximum Gasteiger partial charge on any atom is 0.405 e. The number of nitrogens with one attached hydrogen (secondary N) is 2. The fourth-order valence-corrected chi connectivity index (χ4v) is 0.489. The molecule has 1 atom stereocenters. The topological polar surface area (TPSA) is 41.1 Å². The second-order valence-corrected chi connectivity index (χ2v) is 2.38. The Hall–Kier alpha value is -0.490. The van der Waals surface area contributed by atoms with E-state index in [1.54, 1.807) is 5.32 Å². The van der Waals surface area contributed by atoms with Crippen LogP contribution in [0.25, 0.3) is 0 Å². The number of amides is 1. The lowest BCUT2D eigenvalue weighted by atomic mass is 10.3. The van der Waals surface area contributed by atoms with Gasteiger partial charge >= 0.3 is 6.18 Å². The first kappa shape index (κ1) is 11.5. The van der Waals surface area contributed by atoms with E-state index in [2.05, 4.69) is 0 Å². The summed E-state index contributed by atoms with van der Waals surface area (Å²) >= 11 is 5.00. The number of alkyl halides is 3. The van der Waals surface area contributed by atoms with Crippen LogP contribution in [0.5, 0.6) is 0 Å². The highest BCUT2D eigenvalue weighted by Crippen LogP contribution is 2.12. The molecule has 2 N–H and O–H groups in total. The van der Waals surface area contributed by atoms with E-state index >= 15 is 0 Å². The van der Waals surface area contributed by atoms with Crippen LogP contribution in [0.15, 0.2) is 0 Å². The van der Waals surface area contributed by atoms with Crippen molar-refractivity contribution >= 4 is 17.7 Å². The van der Waals surface area contributed by atoms with Crippen LogP contribution < -0.4 is 10.2 Å². The predicted molar refractivity (Wildman–Crippen MR) is 37.5 cm³/mol. The quantitative estimate of drug-likeness (QED) is 0.668. The highest BCUT2D eigenvalue weighted by atomic mass is 35.5. The molecule has 0 aromatic heterocycles. The van der Waals surface area contributed by atoms with Crippen LogP contribution in [0, 0.1) is 0 Å². The van der Waals surface area contributed by atoms with Crippen LogP contribution in [0.2, 0.25) is 0 Å². The van der Waals surface area contributed by atoms with Crippen LogP contribution in [-0.2, 0) is 4.79 Å². The minimum absolute atomic E-state index is 0.790. The van der Waals surface area contributed by atoms with E-state index in [-0.39, 0.29) is 0 Å². The van der Waals surface area contributed by atoms with Gasteiger partial charge < -0.3 is 5.32 Å². The van der Waals surface area contributed by atoms with Crippen LogP contribution in [0.4, 0.5) is 13.2 Å². The molecule has 0 aliphatic rings. The minimum Gasteiger partial charge on any atom is -0.346 e. The fraction of sp³-hybridized carbons (Fsp3) is 0.800. The summed E-state index contributed by atoms with van der Waals surface area (Å²) in [6.07, 6.45) is -4.39. The number of halogens is 4. The van der Waals surface area contributed by atoms with Crippen molar-refractivity contribution in [2.75, 3.05) is 6.54 Å². The first-order valence-electron chi connectivity index (χ1n) is 3.07. The zero-order valence-corrected chi connectivity index (χ0v) is 6.96. The molecule has 7 heteroatoms. The molecule has 0 spiro atoms. The molecule has 1 unspecified atom stereocenters. The molecule has 0 aliphatic heterocycles. The molecule has 0 rings (SSSR count). The maximum atomic E-state index is 11.5. The van der Waals surface area contributed by atoms with E-state index in [4.69, 9.17) is 11.8 Å². The molecule has 0 bridgehead atoms. The SMILES string of the molecule is CC(NCl)C(=O)NCC(F)(F)F. The number of carbonyl (C=O) groups excluding carboxylic acids is 1. The highest BCUT2D eigenvalue weighted by Gasteiger charge is 2.28. The third-order valence-electron chi connectivity index (χ3n) is 1.02. The van der Waals surface area contributed by atoms with E-state index in [0.717, 1.165) is 0 Å². The zero-order valence-electron chi connectivity index (χ0n) is 6.20. The second-order valence-electron chi connectivity index (χ2n) is 2.16. The van der Waals surface area contributed by atoms with Gasteiger partial charge in [0.15, 0.2) is 0 Å². The van der Waals surface area contributed by atoms with Gasteiger partial charge in [0.05, 0.1) is 6.04 Å². The van der Waals surface area contributed by atoms with Crippen molar-refractivity contribution in [3.63, 3.8) is 0 Å². The number of hydrogen-bond donors (Lipinski definition) is 2. The summed E-state index contributed by atoms with van der Waals surface area (Å²) in [7, 11) is 0. The first-order valence-corrected chi connectivity index (χ1v) is 3.45. The predicted octanol–water partition coefficient (Wildman–Crippen LogP) is 0.797. The van der Waals surface area contributed by atoms with Crippen molar-refractivity contribution in [2.45, 2.75) is 19.1 Å². The van der Waals surface area contributed by atoms with Gasteiger partial charge in [-0.1, -0.05) is 0 Å². The van der Waals surface area contributed by atoms with Gasteiger partial charge in [-0.25, -0.2) is 4.84 Å². The summed E-state index contributed by atoms with van der Waals surface area (Å²) < 4.78 is 34.5. The smallest absolute Gasteiger partial charge is 0.346 e. The third kappa shape index (κ3) is 5.20. The molecule has 0 heterocycles. The largest absolute Gasteiger partial charge is 0.405 e. The third-order valence-corrected chi connectivity index (χ3v) is 1.35. The lowest BCUT2D eigenvalue weighted by Crippen LogP contribution is -2.42. The molecule has 0 aliphatic carbocycles. The summed E-state index contributed by atoms with van der Waals surface area (Å²) in [5, 5.41) is 1.66. The Kier molecular flexibility index (Phi) is 4.33. The molecule has 0 fully saturated rings. The van der Waals surface area contributed by atoms with Crippen LogP contribution in [0.3, 0.4) is 0 Å². The molecular formula is C5H8ClF3N2O. The number of hydrogen-bond acceptors (Lipinski definition) is 2. The van der Waals surface area contributed by atoms with Crippen molar-refractivity contribution in [3.05, 3.63) is 0 Å². The van der Waals surface area contributed by atoms with Gasteiger partial charge in [-0.3, -0.25) is 4.79 Å². The first-order chi connectivity index (χ1) is 5.37. The van der Waals surface area contributed by atoms with Crippen molar-refractivity contribution in [1.29, 1.82) is 0 Å². The van der Waals surface area contributed by atoms with Gasteiger partial charge in [-0.15, -0.1) is 0 Å². The van der Waals surface area contributed by atoms with Gasteiger partial charge in [0.1, 0.15) is 6.54 Å². The lowest BCUT2D eigenvalue weighted by molar-refractivity contribution is -0.139. The average Bonchev–Trinajstić information content (AvgIpc) is 1.97. The average molecular weight is 205 g/mol. The molecule has 0 radical (unpaired) electrons. The molecule has 3 nitrogen and oxygen atoms in total. The van der Waals surface area contributed by atoms with Crippen molar-refractivity contribution < 1.29 is 18.0 Å². The van der Waals surface area contributed by atoms with Gasteiger partial charge in [-0.05, 0) is 18.7 Å². The van der Waals surface area contributed by atoms with Crippen LogP contribution >= 0.6 is 11.8 Å². The molecule has 12 heavy (non-hydrogen) atoms. The normalized spacial score (nSPS) is 14.1. The zero-order chi connectivity index (χ0) is 9.78. The van der Waals surface area contributed by atoms with Crippen LogP contribution in [-0.4, -0.2) is 24.7 Å². The van der Waals surface area contributed by atoms with E-state index in [1.165, 1.54) is 6.92 Å². The second kappa shape index (κ2) is 4.51. The Morgan fingerprint density at radius 2 is 2.08 bits per heavy atom. The van der Waals surface area contributed by atoms with E-state index in [9.17, 15) is 18.0 Å². The lowest BCUT2D eigenvalue weighted by Gasteiger charge is -2.11. The van der Waals surface area contributed by atoms with E-state index in [1.807, 2.05) is 4.84 Å². The molecule has 0 aromatic carbocycles. The van der Waals surface area contributed by atoms with Gasteiger partial charge in [0, 0.05) is 0 Å². The van der Waals surface area contributed by atoms with E-state index < -0.39 is 24.7 Å². The molecule has 0 aromatic rings. The van der Waals surface area contributed by atoms with Gasteiger partial charge in [0.25, 0.3) is 0 Å². The minimum atomic E-state index is -4.39. The summed E-state index contributed by atoms with van der Waals surface area (Å²) in [5.41, 5.74) is 0.